The molecule has 1 atom stereocenters. The molecule has 1 fully saturated rings. The number of hydrogen-bond donors (Lipinski definition) is 2. The molecule has 6 nitrogen and oxygen atoms in total. The molecule has 3 N–H and O–H groups in total. The van der Waals surface area contributed by atoms with Crippen molar-refractivity contribution in [3.8, 4) is 0 Å². The molecular weight excluding hydrogens is 345 g/mol. The van der Waals surface area contributed by atoms with Crippen molar-refractivity contribution in [2.24, 2.45) is 11.7 Å². The molecule has 2 rings (SSSR count). The van der Waals surface area contributed by atoms with E-state index in [1.165, 1.54) is 22.5 Å². The summed E-state index contributed by atoms with van der Waals surface area (Å²) in [4.78, 5) is 11.6. The molecule has 23 heavy (non-hydrogen) atoms. The zero-order chi connectivity index (χ0) is 16.2. The number of halogens is 2. The van der Waals surface area contributed by atoms with Crippen LogP contribution in [0.5, 0.6) is 0 Å². The maximum Gasteiger partial charge on any atom is 0.246 e. The first-order valence-corrected chi connectivity index (χ1v) is 8.63. The molecular formula is C14H21ClFN3O3S. The molecule has 0 saturated carbocycles. The minimum atomic E-state index is -3.93. The molecule has 0 aromatic heterocycles. The van der Waals surface area contributed by atoms with E-state index in [1.54, 1.807) is 0 Å². The highest BCUT2D eigenvalue weighted by molar-refractivity contribution is 7.89. The number of nitrogens with two attached hydrogens (primary N) is 1. The number of amides is 1. The van der Waals surface area contributed by atoms with Crippen molar-refractivity contribution in [1.29, 1.82) is 0 Å². The largest absolute Gasteiger partial charge is 0.355 e. The number of nitrogens with one attached hydrogen (secondary N) is 1. The standard InChI is InChI=1S/C14H20FN3O3S.ClH/c15-12-5-1-2-6-13(12)22(20,21)18-9-3-4-11(10-18)14(19)17-8-7-16;/h1-2,5-6,11H,3-4,7-10,16H2,(H,17,19);1H. The third-order valence-corrected chi connectivity index (χ3v) is 5.55. The van der Waals surface area contributed by atoms with Crippen molar-refractivity contribution in [2.45, 2.75) is 17.7 Å². The summed E-state index contributed by atoms with van der Waals surface area (Å²) in [5.41, 5.74) is 5.33. The van der Waals surface area contributed by atoms with E-state index < -0.39 is 21.8 Å². The van der Waals surface area contributed by atoms with Crippen LogP contribution in [0.1, 0.15) is 12.8 Å². The number of sulfonamides is 1. The van der Waals surface area contributed by atoms with Gasteiger partial charge in [-0.05, 0) is 25.0 Å². The normalized spacial score (nSPS) is 19.0. The van der Waals surface area contributed by atoms with Gasteiger partial charge in [0.25, 0.3) is 0 Å². The van der Waals surface area contributed by atoms with Gasteiger partial charge in [0, 0.05) is 26.2 Å². The molecule has 0 radical (unpaired) electrons. The molecule has 1 unspecified atom stereocenters. The summed E-state index contributed by atoms with van der Waals surface area (Å²) in [6.07, 6.45) is 1.17. The Labute approximate surface area is 141 Å². The monoisotopic (exact) mass is 365 g/mol. The molecule has 1 aromatic rings. The van der Waals surface area contributed by atoms with Crippen molar-refractivity contribution >= 4 is 28.3 Å². The van der Waals surface area contributed by atoms with Crippen LogP contribution < -0.4 is 11.1 Å². The third-order valence-electron chi connectivity index (χ3n) is 3.65. The molecule has 130 valence electrons. The highest BCUT2D eigenvalue weighted by Gasteiger charge is 2.34. The summed E-state index contributed by atoms with van der Waals surface area (Å²) in [7, 11) is -3.93. The summed E-state index contributed by atoms with van der Waals surface area (Å²) >= 11 is 0. The van der Waals surface area contributed by atoms with Gasteiger partial charge in [0.2, 0.25) is 15.9 Å². The lowest BCUT2D eigenvalue weighted by atomic mass is 9.99. The lowest BCUT2D eigenvalue weighted by Crippen LogP contribution is -2.46. The van der Waals surface area contributed by atoms with Gasteiger partial charge < -0.3 is 11.1 Å². The van der Waals surface area contributed by atoms with Gasteiger partial charge in [0.1, 0.15) is 10.7 Å². The van der Waals surface area contributed by atoms with Gasteiger partial charge in [0.05, 0.1) is 5.92 Å². The van der Waals surface area contributed by atoms with E-state index in [-0.39, 0.29) is 36.3 Å². The van der Waals surface area contributed by atoms with Crippen LogP contribution in [-0.2, 0) is 14.8 Å². The third kappa shape index (κ3) is 4.63. The summed E-state index contributed by atoms with van der Waals surface area (Å²) in [6, 6.07) is 5.27. The minimum absolute atomic E-state index is 0. The summed E-state index contributed by atoms with van der Waals surface area (Å²) in [6.45, 7) is 1.04. The lowest BCUT2D eigenvalue weighted by Gasteiger charge is -2.31. The fourth-order valence-corrected chi connectivity index (χ4v) is 4.10. The number of nitrogens with zero attached hydrogens (tertiary/aromatic N) is 1. The van der Waals surface area contributed by atoms with Gasteiger partial charge >= 0.3 is 0 Å². The zero-order valence-electron chi connectivity index (χ0n) is 12.6. The van der Waals surface area contributed by atoms with Crippen molar-refractivity contribution < 1.29 is 17.6 Å². The molecule has 0 spiro atoms. The fraction of sp³-hybridized carbons (Fsp3) is 0.500. The van der Waals surface area contributed by atoms with Crippen LogP contribution in [0.25, 0.3) is 0 Å². The van der Waals surface area contributed by atoms with Crippen LogP contribution in [0.15, 0.2) is 29.2 Å². The van der Waals surface area contributed by atoms with E-state index in [2.05, 4.69) is 5.32 Å². The van der Waals surface area contributed by atoms with Crippen molar-refractivity contribution in [1.82, 2.24) is 9.62 Å². The minimum Gasteiger partial charge on any atom is -0.355 e. The Hall–Kier alpha value is -1.22. The van der Waals surface area contributed by atoms with Crippen LogP contribution in [-0.4, -0.2) is 44.8 Å². The average Bonchev–Trinajstić information content (AvgIpc) is 2.53. The maximum atomic E-state index is 13.8. The van der Waals surface area contributed by atoms with Crippen LogP contribution in [0.4, 0.5) is 4.39 Å². The first-order valence-electron chi connectivity index (χ1n) is 7.19. The fourth-order valence-electron chi connectivity index (χ4n) is 2.51. The molecule has 1 heterocycles. The van der Waals surface area contributed by atoms with Crippen molar-refractivity contribution in [2.75, 3.05) is 26.2 Å². The topological polar surface area (TPSA) is 92.5 Å². The van der Waals surface area contributed by atoms with E-state index >= 15 is 0 Å². The zero-order valence-corrected chi connectivity index (χ0v) is 14.2. The van der Waals surface area contributed by atoms with Crippen LogP contribution >= 0.6 is 12.4 Å². The molecule has 1 aromatic carbocycles. The van der Waals surface area contributed by atoms with E-state index in [4.69, 9.17) is 5.73 Å². The number of benzene rings is 1. The Balaban J connectivity index is 0.00000264. The van der Waals surface area contributed by atoms with Gasteiger partial charge in [-0.15, -0.1) is 12.4 Å². The Morgan fingerprint density at radius 3 is 2.74 bits per heavy atom. The predicted octanol–water partition coefficient (Wildman–Crippen LogP) is 0.723. The molecule has 9 heteroatoms. The predicted molar refractivity (Wildman–Crippen MR) is 87.2 cm³/mol. The lowest BCUT2D eigenvalue weighted by molar-refractivity contribution is -0.126. The van der Waals surface area contributed by atoms with E-state index in [0.29, 0.717) is 25.9 Å². The second kappa shape index (κ2) is 8.58. The summed E-state index contributed by atoms with van der Waals surface area (Å²) < 4.78 is 40.0. The molecule has 0 bridgehead atoms. The maximum absolute atomic E-state index is 13.8. The Morgan fingerprint density at radius 1 is 1.39 bits per heavy atom. The smallest absolute Gasteiger partial charge is 0.246 e. The van der Waals surface area contributed by atoms with E-state index in [9.17, 15) is 17.6 Å². The summed E-state index contributed by atoms with van der Waals surface area (Å²) in [5.74, 6) is -1.42. The van der Waals surface area contributed by atoms with Gasteiger partial charge in [-0.25, -0.2) is 12.8 Å². The number of rotatable bonds is 5. The first kappa shape index (κ1) is 19.8. The Bertz CT molecular complexity index is 642. The van der Waals surface area contributed by atoms with Crippen molar-refractivity contribution in [3.05, 3.63) is 30.1 Å². The van der Waals surface area contributed by atoms with Crippen LogP contribution in [0.3, 0.4) is 0 Å². The number of piperidine rings is 1. The second-order valence-electron chi connectivity index (χ2n) is 5.21. The molecule has 1 saturated heterocycles. The molecule has 1 amide bonds. The second-order valence-corrected chi connectivity index (χ2v) is 7.12. The SMILES string of the molecule is Cl.NCCNC(=O)C1CCCN(S(=O)(=O)c2ccccc2F)C1. The van der Waals surface area contributed by atoms with E-state index in [0.717, 1.165) is 6.07 Å². The van der Waals surface area contributed by atoms with Crippen LogP contribution in [0, 0.1) is 11.7 Å². The molecule has 1 aliphatic rings. The number of hydrogen-bond acceptors (Lipinski definition) is 4. The van der Waals surface area contributed by atoms with Gasteiger partial charge in [-0.3, -0.25) is 4.79 Å². The number of carbonyl (C=O) groups excluding carboxylic acids is 1. The van der Waals surface area contributed by atoms with E-state index in [1.807, 2.05) is 0 Å². The highest BCUT2D eigenvalue weighted by atomic mass is 35.5. The van der Waals surface area contributed by atoms with Crippen LogP contribution in [0.2, 0.25) is 0 Å². The molecule has 0 aliphatic carbocycles. The highest BCUT2D eigenvalue weighted by Crippen LogP contribution is 2.25. The van der Waals surface area contributed by atoms with Gasteiger partial charge in [-0.2, -0.15) is 4.31 Å². The molecule has 1 aliphatic heterocycles. The van der Waals surface area contributed by atoms with Gasteiger partial charge in [0.15, 0.2) is 0 Å². The quantitative estimate of drug-likeness (QED) is 0.804. The Kier molecular flexibility index (Phi) is 7.40. The van der Waals surface area contributed by atoms with Crippen molar-refractivity contribution in [3.63, 3.8) is 0 Å². The summed E-state index contributed by atoms with van der Waals surface area (Å²) in [5, 5.41) is 2.67. The first-order chi connectivity index (χ1) is 10.5. The van der Waals surface area contributed by atoms with Gasteiger partial charge in [-0.1, -0.05) is 12.1 Å². The average molecular weight is 366 g/mol. The number of carbonyl (C=O) groups is 1. The Morgan fingerprint density at radius 2 is 2.09 bits per heavy atom.